The molecule has 1 amide bonds. The predicted octanol–water partition coefficient (Wildman–Crippen LogP) is 1.84. The number of ether oxygens (including phenoxy) is 2. The van der Waals surface area contributed by atoms with Gasteiger partial charge < -0.3 is 20.5 Å². The van der Waals surface area contributed by atoms with Crippen LogP contribution in [0.15, 0.2) is 18.2 Å². The number of amides is 1. The number of carbonyl (C=O) groups excluding carboxylic acids is 1. The highest BCUT2D eigenvalue weighted by Crippen LogP contribution is 2.27. The van der Waals surface area contributed by atoms with Crippen molar-refractivity contribution in [2.75, 3.05) is 14.2 Å². The summed E-state index contributed by atoms with van der Waals surface area (Å²) in [7, 11) is 3.22. The molecule has 0 saturated heterocycles. The van der Waals surface area contributed by atoms with Crippen LogP contribution in [0.2, 0.25) is 0 Å². The molecule has 0 bridgehead atoms. The van der Waals surface area contributed by atoms with E-state index in [0.29, 0.717) is 24.6 Å². The average Bonchev–Trinajstić information content (AvgIpc) is 2.90. The van der Waals surface area contributed by atoms with E-state index in [0.717, 1.165) is 30.6 Å². The Balaban J connectivity index is 1.88. The molecular weight excluding hydrogens is 268 g/mol. The fourth-order valence-corrected chi connectivity index (χ4v) is 2.82. The Bertz CT molecular complexity index is 490. The van der Waals surface area contributed by atoms with Gasteiger partial charge in [-0.3, -0.25) is 4.79 Å². The molecule has 1 aliphatic carbocycles. The standard InChI is InChI=1S/C16H24N2O3/c1-20-13-7-6-12(15(9-13)21-2)10-18-16(19)8-11-4-3-5-14(11)17/h6-7,9,11,14H,3-5,8,10,17H2,1-2H3,(H,18,19)/t11-,14+/m0/s1. The van der Waals surface area contributed by atoms with Crippen LogP contribution in [-0.2, 0) is 11.3 Å². The Kier molecular flexibility index (Phi) is 5.44. The van der Waals surface area contributed by atoms with Gasteiger partial charge >= 0.3 is 0 Å². The van der Waals surface area contributed by atoms with E-state index in [4.69, 9.17) is 15.2 Å². The van der Waals surface area contributed by atoms with Crippen LogP contribution in [0, 0.1) is 5.92 Å². The fourth-order valence-electron chi connectivity index (χ4n) is 2.82. The lowest BCUT2D eigenvalue weighted by Gasteiger charge is -2.15. The largest absolute Gasteiger partial charge is 0.497 e. The van der Waals surface area contributed by atoms with Crippen molar-refractivity contribution in [2.45, 2.75) is 38.3 Å². The molecule has 21 heavy (non-hydrogen) atoms. The molecule has 116 valence electrons. The first kappa shape index (κ1) is 15.6. The van der Waals surface area contributed by atoms with E-state index in [-0.39, 0.29) is 11.9 Å². The Morgan fingerprint density at radius 3 is 2.76 bits per heavy atom. The molecule has 3 N–H and O–H groups in total. The first-order valence-electron chi connectivity index (χ1n) is 7.37. The highest BCUT2D eigenvalue weighted by Gasteiger charge is 2.25. The van der Waals surface area contributed by atoms with Crippen molar-refractivity contribution >= 4 is 5.91 Å². The molecular formula is C16H24N2O3. The van der Waals surface area contributed by atoms with Crippen molar-refractivity contribution in [1.29, 1.82) is 0 Å². The highest BCUT2D eigenvalue weighted by atomic mass is 16.5. The van der Waals surface area contributed by atoms with Gasteiger partial charge in [0.25, 0.3) is 0 Å². The Hall–Kier alpha value is -1.75. The zero-order valence-electron chi connectivity index (χ0n) is 12.7. The summed E-state index contributed by atoms with van der Waals surface area (Å²) >= 11 is 0. The van der Waals surface area contributed by atoms with Gasteiger partial charge in [0.15, 0.2) is 0 Å². The van der Waals surface area contributed by atoms with Crippen molar-refractivity contribution in [3.8, 4) is 11.5 Å². The molecule has 0 aliphatic heterocycles. The van der Waals surface area contributed by atoms with Crippen LogP contribution in [0.1, 0.15) is 31.2 Å². The minimum atomic E-state index is 0.0511. The number of methoxy groups -OCH3 is 2. The minimum absolute atomic E-state index is 0.0511. The first-order chi connectivity index (χ1) is 10.1. The molecule has 1 fully saturated rings. The van der Waals surface area contributed by atoms with Crippen LogP contribution in [0.4, 0.5) is 0 Å². The summed E-state index contributed by atoms with van der Waals surface area (Å²) in [6.07, 6.45) is 3.73. The van der Waals surface area contributed by atoms with Crippen LogP contribution >= 0.6 is 0 Å². The number of nitrogens with one attached hydrogen (secondary N) is 1. The third-order valence-corrected chi connectivity index (χ3v) is 4.14. The normalized spacial score (nSPS) is 21.1. The van der Waals surface area contributed by atoms with Gasteiger partial charge in [0, 0.05) is 30.6 Å². The Morgan fingerprint density at radius 1 is 1.33 bits per heavy atom. The molecule has 1 saturated carbocycles. The van der Waals surface area contributed by atoms with Crippen molar-refractivity contribution in [2.24, 2.45) is 11.7 Å². The van der Waals surface area contributed by atoms with Crippen molar-refractivity contribution in [3.05, 3.63) is 23.8 Å². The SMILES string of the molecule is COc1ccc(CNC(=O)C[C@@H]2CCC[C@H]2N)c(OC)c1. The van der Waals surface area contributed by atoms with Gasteiger partial charge in [-0.05, 0) is 30.9 Å². The topological polar surface area (TPSA) is 73.6 Å². The number of benzene rings is 1. The van der Waals surface area contributed by atoms with Gasteiger partial charge in [0.2, 0.25) is 5.91 Å². The molecule has 0 heterocycles. The zero-order valence-corrected chi connectivity index (χ0v) is 12.7. The Labute approximate surface area is 125 Å². The molecule has 1 aromatic rings. The Morgan fingerprint density at radius 2 is 2.14 bits per heavy atom. The maximum Gasteiger partial charge on any atom is 0.220 e. The third-order valence-electron chi connectivity index (χ3n) is 4.14. The van der Waals surface area contributed by atoms with E-state index in [1.54, 1.807) is 14.2 Å². The maximum atomic E-state index is 12.0. The second-order valence-corrected chi connectivity index (χ2v) is 5.51. The monoisotopic (exact) mass is 292 g/mol. The molecule has 2 rings (SSSR count). The molecule has 0 unspecified atom stereocenters. The highest BCUT2D eigenvalue weighted by molar-refractivity contribution is 5.76. The summed E-state index contributed by atoms with van der Waals surface area (Å²) < 4.78 is 10.5. The van der Waals surface area contributed by atoms with Crippen molar-refractivity contribution in [3.63, 3.8) is 0 Å². The van der Waals surface area contributed by atoms with Crippen LogP contribution in [-0.4, -0.2) is 26.2 Å². The molecule has 1 aromatic carbocycles. The quantitative estimate of drug-likeness (QED) is 0.839. The smallest absolute Gasteiger partial charge is 0.220 e. The van der Waals surface area contributed by atoms with Gasteiger partial charge in [-0.25, -0.2) is 0 Å². The summed E-state index contributed by atoms with van der Waals surface area (Å²) in [6, 6.07) is 5.75. The second kappa shape index (κ2) is 7.31. The van der Waals surface area contributed by atoms with Crippen LogP contribution in [0.25, 0.3) is 0 Å². The maximum absolute atomic E-state index is 12.0. The van der Waals surface area contributed by atoms with E-state index in [1.807, 2.05) is 18.2 Å². The predicted molar refractivity (Wildman–Crippen MR) is 81.3 cm³/mol. The van der Waals surface area contributed by atoms with Crippen molar-refractivity contribution < 1.29 is 14.3 Å². The van der Waals surface area contributed by atoms with Crippen LogP contribution in [0.3, 0.4) is 0 Å². The first-order valence-corrected chi connectivity index (χ1v) is 7.37. The number of nitrogens with two attached hydrogens (primary N) is 1. The number of rotatable bonds is 6. The van der Waals surface area contributed by atoms with E-state index < -0.39 is 0 Å². The molecule has 2 atom stereocenters. The zero-order chi connectivity index (χ0) is 15.2. The van der Waals surface area contributed by atoms with E-state index in [9.17, 15) is 4.79 Å². The van der Waals surface area contributed by atoms with Crippen LogP contribution in [0.5, 0.6) is 11.5 Å². The summed E-state index contributed by atoms with van der Waals surface area (Å²) in [4.78, 5) is 12.0. The molecule has 0 spiro atoms. The summed E-state index contributed by atoms with van der Waals surface area (Å²) in [5, 5.41) is 2.94. The summed E-state index contributed by atoms with van der Waals surface area (Å²) in [5.41, 5.74) is 6.93. The van der Waals surface area contributed by atoms with Gasteiger partial charge in [-0.1, -0.05) is 6.42 Å². The lowest BCUT2D eigenvalue weighted by molar-refractivity contribution is -0.122. The molecule has 5 heteroatoms. The summed E-state index contributed by atoms with van der Waals surface area (Å²) in [5.74, 6) is 1.82. The van der Waals surface area contributed by atoms with Crippen molar-refractivity contribution in [1.82, 2.24) is 5.32 Å². The second-order valence-electron chi connectivity index (χ2n) is 5.51. The van der Waals surface area contributed by atoms with E-state index >= 15 is 0 Å². The van der Waals surface area contributed by atoms with E-state index in [2.05, 4.69) is 5.32 Å². The van der Waals surface area contributed by atoms with Crippen LogP contribution < -0.4 is 20.5 Å². The minimum Gasteiger partial charge on any atom is -0.497 e. The molecule has 1 aliphatic rings. The fraction of sp³-hybridized carbons (Fsp3) is 0.562. The lowest BCUT2D eigenvalue weighted by Crippen LogP contribution is -2.31. The third kappa shape index (κ3) is 4.11. The van der Waals surface area contributed by atoms with E-state index in [1.165, 1.54) is 0 Å². The van der Waals surface area contributed by atoms with Gasteiger partial charge in [0.1, 0.15) is 11.5 Å². The summed E-state index contributed by atoms with van der Waals surface area (Å²) in [6.45, 7) is 0.452. The van der Waals surface area contributed by atoms with Gasteiger partial charge in [-0.15, -0.1) is 0 Å². The van der Waals surface area contributed by atoms with Gasteiger partial charge in [0.05, 0.1) is 14.2 Å². The average molecular weight is 292 g/mol. The van der Waals surface area contributed by atoms with Gasteiger partial charge in [-0.2, -0.15) is 0 Å². The number of hydrogen-bond acceptors (Lipinski definition) is 4. The molecule has 5 nitrogen and oxygen atoms in total. The number of carbonyl (C=O) groups is 1. The lowest BCUT2D eigenvalue weighted by atomic mass is 10.00. The number of hydrogen-bond donors (Lipinski definition) is 2. The molecule has 0 radical (unpaired) electrons. The molecule has 0 aromatic heterocycles.